The molecule has 2 heterocycles. The Morgan fingerprint density at radius 2 is 2.16 bits per heavy atom. The Bertz CT molecular complexity index is 774. The quantitative estimate of drug-likeness (QED) is 0.637. The first-order valence-corrected chi connectivity index (χ1v) is 9.44. The molecule has 0 bridgehead atoms. The van der Waals surface area contributed by atoms with Gasteiger partial charge in [-0.3, -0.25) is 9.79 Å². The number of thiophene rings is 1. The largest absolute Gasteiger partial charge is 0.352 e. The number of nitrogens with zero attached hydrogens (tertiary/aromatic N) is 2. The Morgan fingerprint density at radius 1 is 1.32 bits per heavy atom. The van der Waals surface area contributed by atoms with Crippen molar-refractivity contribution >= 4 is 34.8 Å². The molecule has 0 saturated carbocycles. The van der Waals surface area contributed by atoms with Gasteiger partial charge >= 0.3 is 0 Å². The van der Waals surface area contributed by atoms with Crippen LogP contribution in [-0.2, 0) is 24.3 Å². The van der Waals surface area contributed by atoms with E-state index in [1.807, 2.05) is 29.2 Å². The molecule has 0 spiro atoms. The lowest BCUT2D eigenvalue weighted by molar-refractivity contribution is -0.130. The summed E-state index contributed by atoms with van der Waals surface area (Å²) in [5, 5.41) is 9.07. The number of nitrogens with one attached hydrogen (secondary N) is 2. The van der Waals surface area contributed by atoms with Gasteiger partial charge in [0.25, 0.3) is 0 Å². The summed E-state index contributed by atoms with van der Waals surface area (Å²) in [6, 6.07) is 9.76. The second kappa shape index (κ2) is 8.36. The molecule has 0 fully saturated rings. The minimum Gasteiger partial charge on any atom is -0.352 e. The van der Waals surface area contributed by atoms with E-state index < -0.39 is 0 Å². The minimum absolute atomic E-state index is 0.0811. The number of amides is 1. The molecule has 0 radical (unpaired) electrons. The van der Waals surface area contributed by atoms with E-state index in [-0.39, 0.29) is 12.5 Å². The number of carbonyl (C=O) groups is 1. The molecule has 1 aromatic carbocycles. The van der Waals surface area contributed by atoms with E-state index in [0.29, 0.717) is 24.1 Å². The van der Waals surface area contributed by atoms with Crippen molar-refractivity contribution in [3.8, 4) is 0 Å². The molecule has 0 unspecified atom stereocenters. The van der Waals surface area contributed by atoms with E-state index >= 15 is 0 Å². The fourth-order valence-electron chi connectivity index (χ4n) is 2.77. The number of fused-ring (bicyclic) bond motifs is 1. The number of aliphatic imine (C=N–C) groups is 1. The van der Waals surface area contributed by atoms with Crippen LogP contribution in [0.4, 0.5) is 0 Å². The van der Waals surface area contributed by atoms with Gasteiger partial charge in [0.1, 0.15) is 0 Å². The van der Waals surface area contributed by atoms with Crippen LogP contribution >= 0.6 is 22.9 Å². The number of rotatable bonds is 4. The van der Waals surface area contributed by atoms with E-state index in [0.717, 1.165) is 18.5 Å². The predicted octanol–water partition coefficient (Wildman–Crippen LogP) is 2.65. The number of carbonyl (C=O) groups excluding carboxylic acids is 1. The van der Waals surface area contributed by atoms with Gasteiger partial charge in [-0.05, 0) is 35.1 Å². The monoisotopic (exact) mass is 376 g/mol. The van der Waals surface area contributed by atoms with Crippen LogP contribution in [0.2, 0.25) is 5.02 Å². The Morgan fingerprint density at radius 3 is 2.96 bits per heavy atom. The molecule has 7 heteroatoms. The molecule has 3 rings (SSSR count). The van der Waals surface area contributed by atoms with Crippen LogP contribution in [0.25, 0.3) is 0 Å². The Hall–Kier alpha value is -2.05. The van der Waals surface area contributed by atoms with Gasteiger partial charge < -0.3 is 15.5 Å². The summed E-state index contributed by atoms with van der Waals surface area (Å²) in [5.74, 6) is 0.666. The summed E-state index contributed by atoms with van der Waals surface area (Å²) in [5.41, 5.74) is 2.25. The number of benzene rings is 1. The van der Waals surface area contributed by atoms with Crippen molar-refractivity contribution in [2.75, 3.05) is 20.1 Å². The van der Waals surface area contributed by atoms with Gasteiger partial charge in [-0.1, -0.05) is 29.8 Å². The maximum atomic E-state index is 12.4. The average molecular weight is 377 g/mol. The maximum absolute atomic E-state index is 12.4. The van der Waals surface area contributed by atoms with Crippen LogP contribution in [0.3, 0.4) is 0 Å². The van der Waals surface area contributed by atoms with Crippen LogP contribution in [0.5, 0.6) is 0 Å². The predicted molar refractivity (Wildman–Crippen MR) is 103 cm³/mol. The molecule has 0 atom stereocenters. The third-order valence-electron chi connectivity index (χ3n) is 4.20. The first-order chi connectivity index (χ1) is 12.2. The molecule has 132 valence electrons. The van der Waals surface area contributed by atoms with Crippen LogP contribution in [0.1, 0.15) is 16.0 Å². The normalized spacial score (nSPS) is 14.2. The van der Waals surface area contributed by atoms with Gasteiger partial charge in [-0.2, -0.15) is 0 Å². The molecule has 0 aliphatic carbocycles. The topological polar surface area (TPSA) is 56.7 Å². The number of hydrogen-bond acceptors (Lipinski definition) is 3. The fourth-order valence-corrected chi connectivity index (χ4v) is 3.87. The van der Waals surface area contributed by atoms with Crippen molar-refractivity contribution in [1.29, 1.82) is 0 Å². The molecule has 1 amide bonds. The lowest BCUT2D eigenvalue weighted by Crippen LogP contribution is -2.45. The van der Waals surface area contributed by atoms with E-state index in [1.165, 1.54) is 10.4 Å². The standard InChI is InChI=1S/C18H21ClN4OS/c1-20-18(21-10-13-4-2-3-5-15(13)19)22-11-17(24)23-8-6-16-14(12-23)7-9-25-16/h2-5,7,9H,6,8,10-12H2,1H3,(H2,20,21,22). The fraction of sp³-hybridized carbons (Fsp3) is 0.333. The maximum Gasteiger partial charge on any atom is 0.242 e. The summed E-state index contributed by atoms with van der Waals surface area (Å²) in [6.07, 6.45) is 0.943. The van der Waals surface area contributed by atoms with Crippen molar-refractivity contribution in [3.05, 3.63) is 56.7 Å². The van der Waals surface area contributed by atoms with E-state index in [4.69, 9.17) is 11.6 Å². The van der Waals surface area contributed by atoms with Gasteiger partial charge in [0, 0.05) is 36.6 Å². The van der Waals surface area contributed by atoms with Gasteiger partial charge in [0.15, 0.2) is 5.96 Å². The summed E-state index contributed by atoms with van der Waals surface area (Å²) in [6.45, 7) is 2.25. The number of halogens is 1. The number of hydrogen-bond donors (Lipinski definition) is 2. The van der Waals surface area contributed by atoms with E-state index in [2.05, 4.69) is 27.1 Å². The SMILES string of the molecule is CN=C(NCC(=O)N1CCc2sccc2C1)NCc1ccccc1Cl. The number of guanidine groups is 1. The highest BCUT2D eigenvalue weighted by molar-refractivity contribution is 7.10. The van der Waals surface area contributed by atoms with E-state index in [9.17, 15) is 4.79 Å². The zero-order valence-electron chi connectivity index (χ0n) is 14.1. The summed E-state index contributed by atoms with van der Waals surface area (Å²) in [4.78, 5) is 19.9. The molecular weight excluding hydrogens is 356 g/mol. The molecule has 1 aromatic heterocycles. The van der Waals surface area contributed by atoms with Gasteiger partial charge in [0.05, 0.1) is 6.54 Å². The molecule has 5 nitrogen and oxygen atoms in total. The van der Waals surface area contributed by atoms with E-state index in [1.54, 1.807) is 18.4 Å². The molecule has 25 heavy (non-hydrogen) atoms. The molecular formula is C18H21ClN4OS. The molecule has 2 aromatic rings. The highest BCUT2D eigenvalue weighted by Gasteiger charge is 2.21. The van der Waals surface area contributed by atoms with Crippen molar-refractivity contribution < 1.29 is 4.79 Å². The third-order valence-corrected chi connectivity index (χ3v) is 5.59. The molecule has 2 N–H and O–H groups in total. The van der Waals surface area contributed by atoms with Crippen LogP contribution < -0.4 is 10.6 Å². The highest BCUT2D eigenvalue weighted by atomic mass is 35.5. The molecule has 1 aliphatic rings. The van der Waals surface area contributed by atoms with Gasteiger partial charge in [-0.25, -0.2) is 0 Å². The van der Waals surface area contributed by atoms with Crippen LogP contribution in [-0.4, -0.2) is 36.9 Å². The smallest absolute Gasteiger partial charge is 0.242 e. The van der Waals surface area contributed by atoms with Crippen molar-refractivity contribution in [2.24, 2.45) is 4.99 Å². The average Bonchev–Trinajstić information content (AvgIpc) is 3.10. The molecule has 1 aliphatic heterocycles. The van der Waals surface area contributed by atoms with Crippen molar-refractivity contribution in [3.63, 3.8) is 0 Å². The van der Waals surface area contributed by atoms with Crippen LogP contribution in [0, 0.1) is 0 Å². The second-order valence-electron chi connectivity index (χ2n) is 5.81. The van der Waals surface area contributed by atoms with Crippen molar-refractivity contribution in [1.82, 2.24) is 15.5 Å². The lowest BCUT2D eigenvalue weighted by Gasteiger charge is -2.27. The van der Waals surface area contributed by atoms with Gasteiger partial charge in [-0.15, -0.1) is 11.3 Å². The zero-order chi connectivity index (χ0) is 17.6. The first kappa shape index (κ1) is 17.8. The lowest BCUT2D eigenvalue weighted by atomic mass is 10.1. The zero-order valence-corrected chi connectivity index (χ0v) is 15.7. The summed E-state index contributed by atoms with van der Waals surface area (Å²) in [7, 11) is 1.69. The second-order valence-corrected chi connectivity index (χ2v) is 7.21. The Balaban J connectivity index is 1.48. The van der Waals surface area contributed by atoms with Crippen molar-refractivity contribution in [2.45, 2.75) is 19.5 Å². The van der Waals surface area contributed by atoms with Gasteiger partial charge in [0.2, 0.25) is 5.91 Å². The summed E-state index contributed by atoms with van der Waals surface area (Å²) >= 11 is 7.92. The highest BCUT2D eigenvalue weighted by Crippen LogP contribution is 2.23. The summed E-state index contributed by atoms with van der Waals surface area (Å²) < 4.78 is 0. The van der Waals surface area contributed by atoms with Crippen LogP contribution in [0.15, 0.2) is 40.7 Å². The first-order valence-electron chi connectivity index (χ1n) is 8.18. The Kier molecular flexibility index (Phi) is 5.94. The minimum atomic E-state index is 0.0811. The molecule has 0 saturated heterocycles. The Labute approximate surface area is 156 Å². The third kappa shape index (κ3) is 4.52.